The van der Waals surface area contributed by atoms with E-state index in [4.69, 9.17) is 5.11 Å². The van der Waals surface area contributed by atoms with Gasteiger partial charge in [-0.3, -0.25) is 9.59 Å². The predicted octanol–water partition coefficient (Wildman–Crippen LogP) is 2.35. The van der Waals surface area contributed by atoms with Crippen LogP contribution >= 0.6 is 0 Å². The van der Waals surface area contributed by atoms with Gasteiger partial charge < -0.3 is 15.3 Å². The van der Waals surface area contributed by atoms with Crippen molar-refractivity contribution in [3.05, 3.63) is 0 Å². The van der Waals surface area contributed by atoms with Crippen LogP contribution < -0.4 is 10.0 Å². The van der Waals surface area contributed by atoms with Crippen LogP contribution in [0.15, 0.2) is 0 Å². The highest BCUT2D eigenvalue weighted by molar-refractivity contribution is 7.89. The number of unbranched alkanes of at least 4 members (excludes halogenated alkanes) is 1. The highest BCUT2D eigenvalue weighted by Crippen LogP contribution is 2.26. The van der Waals surface area contributed by atoms with Crippen LogP contribution in [0.3, 0.4) is 0 Å². The maximum Gasteiger partial charge on any atom is 0.303 e. The summed E-state index contributed by atoms with van der Waals surface area (Å²) < 4.78 is 27.1. The number of carbonyl (C=O) groups excluding carboxylic acids is 1. The second kappa shape index (κ2) is 13.4. The molecule has 0 bridgehead atoms. The van der Waals surface area contributed by atoms with Gasteiger partial charge in [-0.25, -0.2) is 13.1 Å². The molecule has 180 valence electrons. The number of carboxylic acids is 1. The second-order valence-electron chi connectivity index (χ2n) is 9.17. The lowest BCUT2D eigenvalue weighted by molar-refractivity contribution is -0.138. The normalized spacial score (nSPS) is 20.0. The van der Waals surface area contributed by atoms with E-state index in [-0.39, 0.29) is 24.5 Å². The zero-order valence-electron chi connectivity index (χ0n) is 19.0. The molecule has 2 aliphatic rings. The highest BCUT2D eigenvalue weighted by Gasteiger charge is 2.31. The van der Waals surface area contributed by atoms with Crippen molar-refractivity contribution in [1.29, 1.82) is 0 Å². The number of aliphatic carboxylic acids is 1. The number of hydrogen-bond acceptors (Lipinski definition) is 5. The van der Waals surface area contributed by atoms with Crippen molar-refractivity contribution in [2.75, 3.05) is 31.9 Å². The van der Waals surface area contributed by atoms with E-state index in [9.17, 15) is 18.0 Å². The van der Waals surface area contributed by atoms with Crippen molar-refractivity contribution in [2.24, 2.45) is 11.8 Å². The van der Waals surface area contributed by atoms with E-state index in [2.05, 4.69) is 10.0 Å². The van der Waals surface area contributed by atoms with Gasteiger partial charge >= 0.3 is 5.97 Å². The monoisotopic (exact) mass is 459 g/mol. The maximum atomic E-state index is 13.0. The number of rotatable bonds is 13. The van der Waals surface area contributed by atoms with Crippen molar-refractivity contribution >= 4 is 21.9 Å². The Morgan fingerprint density at radius 3 is 2.26 bits per heavy atom. The van der Waals surface area contributed by atoms with Gasteiger partial charge in [0.25, 0.3) is 0 Å². The molecule has 2 heterocycles. The fourth-order valence-corrected chi connectivity index (χ4v) is 6.08. The molecule has 2 saturated heterocycles. The summed E-state index contributed by atoms with van der Waals surface area (Å²) in [4.78, 5) is 25.7. The lowest BCUT2D eigenvalue weighted by Crippen LogP contribution is -2.51. The van der Waals surface area contributed by atoms with Crippen LogP contribution in [0.5, 0.6) is 0 Å². The minimum atomic E-state index is -3.60. The van der Waals surface area contributed by atoms with Gasteiger partial charge in [0.2, 0.25) is 15.9 Å². The maximum absolute atomic E-state index is 13.0. The molecule has 0 aromatic heterocycles. The summed E-state index contributed by atoms with van der Waals surface area (Å²) in [6.07, 6.45) is 9.14. The van der Waals surface area contributed by atoms with Crippen LogP contribution in [-0.4, -0.2) is 68.3 Å². The molecular weight excluding hydrogens is 418 g/mol. The van der Waals surface area contributed by atoms with Crippen molar-refractivity contribution < 1.29 is 23.1 Å². The van der Waals surface area contributed by atoms with Crippen LogP contribution in [0.25, 0.3) is 0 Å². The molecule has 1 atom stereocenters. The van der Waals surface area contributed by atoms with Crippen LogP contribution in [0.4, 0.5) is 0 Å². The largest absolute Gasteiger partial charge is 0.481 e. The standard InChI is InChI=1S/C22H41N3O5S/c1-2-3-17-31(29,30)24-20(7-8-21(26)27)22(28)25-15-11-19(12-16-25)6-4-5-18-9-13-23-14-10-18/h18-20,23-24H,2-17H2,1H3,(H,26,27)/t20-/m0/s1. The first-order valence-electron chi connectivity index (χ1n) is 12.0. The van der Waals surface area contributed by atoms with E-state index in [0.717, 1.165) is 38.3 Å². The third-order valence-electron chi connectivity index (χ3n) is 6.64. The van der Waals surface area contributed by atoms with Gasteiger partial charge in [-0.2, -0.15) is 0 Å². The molecule has 0 spiro atoms. The van der Waals surface area contributed by atoms with E-state index >= 15 is 0 Å². The number of nitrogens with zero attached hydrogens (tertiary/aromatic N) is 1. The molecule has 0 aliphatic carbocycles. The minimum absolute atomic E-state index is 0.0182. The first kappa shape index (κ1) is 26.1. The Kier molecular flexibility index (Phi) is 11.2. The molecule has 9 heteroatoms. The third kappa shape index (κ3) is 9.87. The van der Waals surface area contributed by atoms with Gasteiger partial charge in [-0.1, -0.05) is 32.6 Å². The summed E-state index contributed by atoms with van der Waals surface area (Å²) >= 11 is 0. The Balaban J connectivity index is 1.80. The molecule has 3 N–H and O–H groups in total. The molecule has 31 heavy (non-hydrogen) atoms. The SMILES string of the molecule is CCCCS(=O)(=O)N[C@@H](CCC(=O)O)C(=O)N1CCC(CCCC2CCNCC2)CC1. The van der Waals surface area contributed by atoms with Crippen LogP contribution in [0, 0.1) is 11.8 Å². The fourth-order valence-electron chi connectivity index (χ4n) is 4.64. The van der Waals surface area contributed by atoms with Gasteiger partial charge in [-0.15, -0.1) is 0 Å². The molecule has 0 radical (unpaired) electrons. The smallest absolute Gasteiger partial charge is 0.303 e. The Bertz CT molecular complexity index is 656. The Morgan fingerprint density at radius 1 is 1.06 bits per heavy atom. The Morgan fingerprint density at radius 2 is 1.68 bits per heavy atom. The predicted molar refractivity (Wildman–Crippen MR) is 121 cm³/mol. The lowest BCUT2D eigenvalue weighted by Gasteiger charge is -2.34. The minimum Gasteiger partial charge on any atom is -0.481 e. The molecule has 1 amide bonds. The summed E-state index contributed by atoms with van der Waals surface area (Å²) in [6, 6.07) is -0.991. The van der Waals surface area contributed by atoms with E-state index in [0.29, 0.717) is 25.4 Å². The van der Waals surface area contributed by atoms with E-state index in [1.807, 2.05) is 6.92 Å². The number of nitrogens with one attached hydrogen (secondary N) is 2. The molecular formula is C22H41N3O5S. The van der Waals surface area contributed by atoms with Gasteiger partial charge in [0.15, 0.2) is 0 Å². The molecule has 2 fully saturated rings. The first-order valence-corrected chi connectivity index (χ1v) is 13.7. The van der Waals surface area contributed by atoms with Gasteiger partial charge in [0, 0.05) is 19.5 Å². The number of likely N-dealkylation sites (tertiary alicyclic amines) is 1. The second-order valence-corrected chi connectivity index (χ2v) is 11.0. The van der Waals surface area contributed by atoms with E-state index < -0.39 is 22.0 Å². The Hall–Kier alpha value is -1.19. The summed E-state index contributed by atoms with van der Waals surface area (Å²) in [5.41, 5.74) is 0. The van der Waals surface area contributed by atoms with Crippen molar-refractivity contribution in [3.8, 4) is 0 Å². The van der Waals surface area contributed by atoms with Crippen molar-refractivity contribution in [2.45, 2.75) is 83.6 Å². The van der Waals surface area contributed by atoms with E-state index in [1.54, 1.807) is 4.90 Å². The number of carboxylic acid groups (broad SMARTS) is 1. The first-order chi connectivity index (χ1) is 14.8. The molecule has 0 aromatic carbocycles. The number of carbonyl (C=O) groups is 2. The quantitative estimate of drug-likeness (QED) is 0.389. The molecule has 0 unspecified atom stereocenters. The van der Waals surface area contributed by atoms with Gasteiger partial charge in [0.1, 0.15) is 6.04 Å². The number of piperidine rings is 2. The third-order valence-corrected chi connectivity index (χ3v) is 8.11. The molecule has 8 nitrogen and oxygen atoms in total. The zero-order valence-corrected chi connectivity index (χ0v) is 19.8. The van der Waals surface area contributed by atoms with Crippen molar-refractivity contribution in [3.63, 3.8) is 0 Å². The van der Waals surface area contributed by atoms with Crippen LogP contribution in [0.1, 0.15) is 77.6 Å². The van der Waals surface area contributed by atoms with Gasteiger partial charge in [-0.05, 0) is 63.5 Å². The van der Waals surface area contributed by atoms with E-state index in [1.165, 1.54) is 32.1 Å². The highest BCUT2D eigenvalue weighted by atomic mass is 32.2. The molecule has 2 rings (SSSR count). The average molecular weight is 460 g/mol. The average Bonchev–Trinajstić information content (AvgIpc) is 2.76. The number of hydrogen-bond donors (Lipinski definition) is 3. The number of amides is 1. The molecule has 0 aromatic rings. The summed E-state index contributed by atoms with van der Waals surface area (Å²) in [5, 5.41) is 12.4. The van der Waals surface area contributed by atoms with Crippen LogP contribution in [0.2, 0.25) is 0 Å². The van der Waals surface area contributed by atoms with Crippen LogP contribution in [-0.2, 0) is 19.6 Å². The molecule has 2 aliphatic heterocycles. The summed E-state index contributed by atoms with van der Waals surface area (Å²) in [5.74, 6) is 0.107. The fraction of sp³-hybridized carbons (Fsp3) is 0.909. The number of sulfonamides is 1. The summed E-state index contributed by atoms with van der Waals surface area (Å²) in [6.45, 7) is 5.42. The lowest BCUT2D eigenvalue weighted by atomic mass is 9.87. The zero-order chi connectivity index (χ0) is 22.7. The van der Waals surface area contributed by atoms with Gasteiger partial charge in [0.05, 0.1) is 5.75 Å². The summed E-state index contributed by atoms with van der Waals surface area (Å²) in [7, 11) is -3.60. The van der Waals surface area contributed by atoms with Crippen molar-refractivity contribution in [1.82, 2.24) is 14.9 Å². The topological polar surface area (TPSA) is 116 Å². The molecule has 0 saturated carbocycles. The Labute approximate surface area is 187 Å².